The summed E-state index contributed by atoms with van der Waals surface area (Å²) < 4.78 is 11.5. The van der Waals surface area contributed by atoms with E-state index in [1.165, 1.54) is 10.9 Å². The monoisotopic (exact) mass is 443 g/mol. The van der Waals surface area contributed by atoms with Crippen LogP contribution in [0.25, 0.3) is 10.2 Å². The molecule has 0 unspecified atom stereocenters. The van der Waals surface area contributed by atoms with Crippen LogP contribution in [0.5, 0.6) is 0 Å². The van der Waals surface area contributed by atoms with Gasteiger partial charge in [-0.15, -0.1) is 11.3 Å². The van der Waals surface area contributed by atoms with E-state index in [0.717, 1.165) is 16.9 Å². The number of aryl methyl sites for hydroxylation is 2. The Bertz CT molecular complexity index is 1170. The molecule has 2 heterocycles. The third-order valence-electron chi connectivity index (χ3n) is 4.91. The first kappa shape index (κ1) is 22.6. The normalized spacial score (nSPS) is 12.0. The number of nitrogens with zero attached hydrogens (tertiary/aromatic N) is 2. The number of carbonyl (C=O) groups excluding carboxylic acids is 2. The second kappa shape index (κ2) is 9.84. The molecule has 1 aromatic carbocycles. The lowest BCUT2D eigenvalue weighted by molar-refractivity contribution is -0.148. The molecule has 0 fully saturated rings. The standard InChI is InChI=1S/C22H25N3O5S/c1-5-29-10-11-30-22(28)15(4)25-12-23-20-17(21(25)27)14(3)18(31-20)19(26)24-16-9-7-6-8-13(16)2/h6-9,12,15H,5,10-11H2,1-4H3,(H,24,26)/t15-/m0/s1. The Morgan fingerprint density at radius 1 is 1.23 bits per heavy atom. The minimum atomic E-state index is -0.852. The van der Waals surface area contributed by atoms with Crippen LogP contribution >= 0.6 is 11.3 Å². The third-order valence-corrected chi connectivity index (χ3v) is 6.11. The van der Waals surface area contributed by atoms with Gasteiger partial charge in [0.1, 0.15) is 17.5 Å². The highest BCUT2D eigenvalue weighted by atomic mass is 32.1. The Morgan fingerprint density at radius 2 is 1.97 bits per heavy atom. The zero-order valence-electron chi connectivity index (χ0n) is 17.9. The second-order valence-electron chi connectivity index (χ2n) is 7.00. The Kier molecular flexibility index (Phi) is 7.19. The van der Waals surface area contributed by atoms with E-state index in [1.54, 1.807) is 13.8 Å². The van der Waals surface area contributed by atoms with Gasteiger partial charge in [0, 0.05) is 12.3 Å². The van der Waals surface area contributed by atoms with E-state index in [9.17, 15) is 14.4 Å². The van der Waals surface area contributed by atoms with Crippen LogP contribution in [0.1, 0.15) is 40.7 Å². The van der Waals surface area contributed by atoms with E-state index in [1.807, 2.05) is 38.1 Å². The number of aromatic nitrogens is 2. The van der Waals surface area contributed by atoms with Crippen LogP contribution < -0.4 is 10.9 Å². The fourth-order valence-corrected chi connectivity index (χ4v) is 4.14. The van der Waals surface area contributed by atoms with Crippen molar-refractivity contribution in [1.29, 1.82) is 0 Å². The summed E-state index contributed by atoms with van der Waals surface area (Å²) in [5.41, 5.74) is 1.79. The lowest BCUT2D eigenvalue weighted by Crippen LogP contribution is -2.30. The molecule has 164 valence electrons. The highest BCUT2D eigenvalue weighted by Crippen LogP contribution is 2.28. The van der Waals surface area contributed by atoms with Crippen molar-refractivity contribution in [3.05, 3.63) is 57.0 Å². The number of anilines is 1. The summed E-state index contributed by atoms with van der Waals surface area (Å²) >= 11 is 1.15. The number of carbonyl (C=O) groups is 2. The molecule has 0 spiro atoms. The maximum Gasteiger partial charge on any atom is 0.329 e. The van der Waals surface area contributed by atoms with Crippen LogP contribution in [0.3, 0.4) is 0 Å². The molecule has 0 aliphatic heterocycles. The van der Waals surface area contributed by atoms with E-state index in [4.69, 9.17) is 9.47 Å². The van der Waals surface area contributed by atoms with Gasteiger partial charge in [0.05, 0.1) is 23.2 Å². The summed E-state index contributed by atoms with van der Waals surface area (Å²) in [5.74, 6) is -0.850. The highest BCUT2D eigenvalue weighted by Gasteiger charge is 2.23. The fourth-order valence-electron chi connectivity index (χ4n) is 3.10. The quantitative estimate of drug-likeness (QED) is 0.423. The van der Waals surface area contributed by atoms with Gasteiger partial charge in [0.2, 0.25) is 0 Å². The number of thiophene rings is 1. The van der Waals surface area contributed by atoms with Gasteiger partial charge in [-0.25, -0.2) is 9.78 Å². The second-order valence-corrected chi connectivity index (χ2v) is 8.00. The molecule has 0 bridgehead atoms. The van der Waals surface area contributed by atoms with Gasteiger partial charge in [-0.05, 0) is 44.9 Å². The van der Waals surface area contributed by atoms with Crippen LogP contribution in [-0.2, 0) is 14.3 Å². The van der Waals surface area contributed by atoms with Crippen LogP contribution in [0, 0.1) is 13.8 Å². The summed E-state index contributed by atoms with van der Waals surface area (Å²) in [4.78, 5) is 43.4. The lowest BCUT2D eigenvalue weighted by atomic mass is 10.1. The van der Waals surface area contributed by atoms with E-state index in [2.05, 4.69) is 10.3 Å². The van der Waals surface area contributed by atoms with Crippen LogP contribution in [-0.4, -0.2) is 41.2 Å². The van der Waals surface area contributed by atoms with Gasteiger partial charge < -0.3 is 14.8 Å². The minimum Gasteiger partial charge on any atom is -0.462 e. The number of amides is 1. The number of fused-ring (bicyclic) bond motifs is 1. The number of benzene rings is 1. The molecule has 1 atom stereocenters. The molecule has 9 heteroatoms. The Hall–Kier alpha value is -3.04. The predicted octanol–water partition coefficient (Wildman–Crippen LogP) is 3.47. The van der Waals surface area contributed by atoms with Crippen molar-refractivity contribution < 1.29 is 19.1 Å². The summed E-state index contributed by atoms with van der Waals surface area (Å²) in [5, 5.41) is 3.22. The maximum absolute atomic E-state index is 13.1. The molecule has 0 saturated heterocycles. The number of esters is 1. The van der Waals surface area contributed by atoms with E-state index in [0.29, 0.717) is 39.6 Å². The van der Waals surface area contributed by atoms with Gasteiger partial charge in [-0.3, -0.25) is 14.2 Å². The van der Waals surface area contributed by atoms with E-state index in [-0.39, 0.29) is 18.1 Å². The number of hydrogen-bond donors (Lipinski definition) is 1. The summed E-state index contributed by atoms with van der Waals surface area (Å²) in [6.45, 7) is 7.98. The summed E-state index contributed by atoms with van der Waals surface area (Å²) in [7, 11) is 0. The molecule has 1 amide bonds. The van der Waals surface area contributed by atoms with Gasteiger partial charge in [0.25, 0.3) is 11.5 Å². The molecule has 31 heavy (non-hydrogen) atoms. The fraction of sp³-hybridized carbons (Fsp3) is 0.364. The van der Waals surface area contributed by atoms with E-state index >= 15 is 0 Å². The topological polar surface area (TPSA) is 99.5 Å². The van der Waals surface area contributed by atoms with Crippen LogP contribution in [0.15, 0.2) is 35.4 Å². The molecule has 8 nitrogen and oxygen atoms in total. The zero-order chi connectivity index (χ0) is 22.5. The van der Waals surface area contributed by atoms with E-state index < -0.39 is 12.0 Å². The predicted molar refractivity (Wildman–Crippen MR) is 120 cm³/mol. The molecule has 3 aromatic rings. The molecule has 0 saturated carbocycles. The smallest absolute Gasteiger partial charge is 0.329 e. The molecule has 0 aliphatic rings. The Labute approximate surface area is 183 Å². The third kappa shape index (κ3) is 4.83. The lowest BCUT2D eigenvalue weighted by Gasteiger charge is -2.14. The first-order valence-electron chi connectivity index (χ1n) is 9.96. The Balaban J connectivity index is 1.87. The number of nitrogens with one attached hydrogen (secondary N) is 1. The SMILES string of the molecule is CCOCCOC(=O)[C@H](C)n1cnc2sc(C(=O)Nc3ccccc3C)c(C)c2c1=O. The van der Waals surface area contributed by atoms with Crippen molar-refractivity contribution in [2.45, 2.75) is 33.7 Å². The van der Waals surface area contributed by atoms with Crippen molar-refractivity contribution in [3.63, 3.8) is 0 Å². The van der Waals surface area contributed by atoms with Gasteiger partial charge in [-0.2, -0.15) is 0 Å². The van der Waals surface area contributed by atoms with Gasteiger partial charge >= 0.3 is 5.97 Å². The molecular formula is C22H25N3O5S. The first-order chi connectivity index (χ1) is 14.8. The highest BCUT2D eigenvalue weighted by molar-refractivity contribution is 7.20. The molecule has 3 rings (SSSR count). The van der Waals surface area contributed by atoms with Crippen LogP contribution in [0.4, 0.5) is 5.69 Å². The van der Waals surface area contributed by atoms with Crippen molar-refractivity contribution in [2.24, 2.45) is 0 Å². The van der Waals surface area contributed by atoms with Crippen molar-refractivity contribution in [2.75, 3.05) is 25.1 Å². The van der Waals surface area contributed by atoms with Gasteiger partial charge in [0.15, 0.2) is 0 Å². The average molecular weight is 444 g/mol. The average Bonchev–Trinajstić information content (AvgIpc) is 3.10. The molecule has 2 aromatic heterocycles. The largest absolute Gasteiger partial charge is 0.462 e. The van der Waals surface area contributed by atoms with Crippen LogP contribution in [0.2, 0.25) is 0 Å². The number of para-hydroxylation sites is 1. The zero-order valence-corrected chi connectivity index (χ0v) is 18.7. The van der Waals surface area contributed by atoms with Gasteiger partial charge in [-0.1, -0.05) is 18.2 Å². The van der Waals surface area contributed by atoms with Crippen molar-refractivity contribution in [3.8, 4) is 0 Å². The summed E-state index contributed by atoms with van der Waals surface area (Å²) in [6.07, 6.45) is 1.32. The number of ether oxygens (including phenoxy) is 2. The molecule has 0 aliphatic carbocycles. The first-order valence-corrected chi connectivity index (χ1v) is 10.8. The van der Waals surface area contributed by atoms with Crippen molar-refractivity contribution >= 4 is 39.1 Å². The maximum atomic E-state index is 13.1. The molecule has 1 N–H and O–H groups in total. The minimum absolute atomic E-state index is 0.113. The summed E-state index contributed by atoms with van der Waals surface area (Å²) in [6, 6.07) is 6.61. The van der Waals surface area contributed by atoms with Crippen molar-refractivity contribution in [1.82, 2.24) is 9.55 Å². The molecular weight excluding hydrogens is 418 g/mol. The molecule has 0 radical (unpaired) electrons. The Morgan fingerprint density at radius 3 is 2.68 bits per heavy atom. The number of rotatable bonds is 8. The number of hydrogen-bond acceptors (Lipinski definition) is 7.